The molecule has 0 aliphatic carbocycles. The minimum Gasteiger partial charge on any atom is -0.353 e. The van der Waals surface area contributed by atoms with E-state index in [1.165, 1.54) is 12.8 Å². The van der Waals surface area contributed by atoms with Gasteiger partial charge in [-0.1, -0.05) is 13.0 Å². The van der Waals surface area contributed by atoms with Crippen molar-refractivity contribution in [1.29, 1.82) is 0 Å². The van der Waals surface area contributed by atoms with Crippen molar-refractivity contribution in [3.63, 3.8) is 0 Å². The SMILES string of the molecule is C=CC(C)COC1CCCCO1. The summed E-state index contributed by atoms with van der Waals surface area (Å²) in [5.41, 5.74) is 0. The predicted molar refractivity (Wildman–Crippen MR) is 48.9 cm³/mol. The summed E-state index contributed by atoms with van der Waals surface area (Å²) in [6.45, 7) is 7.38. The van der Waals surface area contributed by atoms with Crippen molar-refractivity contribution in [2.45, 2.75) is 32.5 Å². The molecule has 1 aliphatic rings. The Balaban J connectivity index is 2.08. The van der Waals surface area contributed by atoms with E-state index in [2.05, 4.69) is 13.5 Å². The number of hydrogen-bond donors (Lipinski definition) is 0. The van der Waals surface area contributed by atoms with Crippen molar-refractivity contribution < 1.29 is 9.47 Å². The lowest BCUT2D eigenvalue weighted by Gasteiger charge is -2.23. The highest BCUT2D eigenvalue weighted by molar-refractivity contribution is 4.74. The number of ether oxygens (including phenoxy) is 2. The van der Waals surface area contributed by atoms with Crippen LogP contribution in [0.5, 0.6) is 0 Å². The van der Waals surface area contributed by atoms with E-state index >= 15 is 0 Å². The van der Waals surface area contributed by atoms with Gasteiger partial charge in [-0.15, -0.1) is 6.58 Å². The van der Waals surface area contributed by atoms with Crippen LogP contribution in [0.2, 0.25) is 0 Å². The summed E-state index contributed by atoms with van der Waals surface area (Å²) in [4.78, 5) is 0. The molecule has 2 nitrogen and oxygen atoms in total. The monoisotopic (exact) mass is 170 g/mol. The predicted octanol–water partition coefficient (Wildman–Crippen LogP) is 2.35. The van der Waals surface area contributed by atoms with Gasteiger partial charge in [-0.05, 0) is 25.2 Å². The average molecular weight is 170 g/mol. The molecule has 1 aliphatic heterocycles. The van der Waals surface area contributed by atoms with Crippen molar-refractivity contribution in [2.24, 2.45) is 5.92 Å². The molecule has 70 valence electrons. The summed E-state index contributed by atoms with van der Waals surface area (Å²) in [6, 6.07) is 0. The summed E-state index contributed by atoms with van der Waals surface area (Å²) in [5, 5.41) is 0. The van der Waals surface area contributed by atoms with Gasteiger partial charge in [-0.3, -0.25) is 0 Å². The Labute approximate surface area is 74.6 Å². The molecule has 0 aromatic heterocycles. The topological polar surface area (TPSA) is 18.5 Å². The van der Waals surface area contributed by atoms with E-state index in [1.54, 1.807) is 0 Å². The van der Waals surface area contributed by atoms with Gasteiger partial charge >= 0.3 is 0 Å². The molecule has 2 unspecified atom stereocenters. The minimum absolute atomic E-state index is 0.0427. The van der Waals surface area contributed by atoms with Crippen molar-refractivity contribution in [1.82, 2.24) is 0 Å². The lowest BCUT2D eigenvalue weighted by Crippen LogP contribution is -2.24. The molecule has 0 aromatic carbocycles. The lowest BCUT2D eigenvalue weighted by atomic mass is 10.2. The zero-order valence-corrected chi connectivity index (χ0v) is 7.79. The van der Waals surface area contributed by atoms with Gasteiger partial charge in [-0.2, -0.15) is 0 Å². The lowest BCUT2D eigenvalue weighted by molar-refractivity contribution is -0.166. The van der Waals surface area contributed by atoms with Crippen molar-refractivity contribution >= 4 is 0 Å². The fraction of sp³-hybridized carbons (Fsp3) is 0.800. The zero-order chi connectivity index (χ0) is 8.81. The Morgan fingerprint density at radius 1 is 1.67 bits per heavy atom. The first-order valence-electron chi connectivity index (χ1n) is 4.68. The average Bonchev–Trinajstić information content (AvgIpc) is 2.16. The van der Waals surface area contributed by atoms with E-state index in [0.717, 1.165) is 19.6 Å². The Morgan fingerprint density at radius 2 is 2.50 bits per heavy atom. The van der Waals surface area contributed by atoms with Crippen molar-refractivity contribution in [3.05, 3.63) is 12.7 Å². The molecule has 1 rings (SSSR count). The summed E-state index contributed by atoms with van der Waals surface area (Å²) in [7, 11) is 0. The normalized spacial score (nSPS) is 26.6. The van der Waals surface area contributed by atoms with E-state index in [-0.39, 0.29) is 6.29 Å². The number of rotatable bonds is 4. The first-order valence-corrected chi connectivity index (χ1v) is 4.68. The van der Waals surface area contributed by atoms with E-state index in [0.29, 0.717) is 5.92 Å². The summed E-state index contributed by atoms with van der Waals surface area (Å²) in [6.07, 6.45) is 5.40. The highest BCUT2D eigenvalue weighted by Crippen LogP contribution is 2.14. The van der Waals surface area contributed by atoms with Gasteiger partial charge in [0.2, 0.25) is 0 Å². The Morgan fingerprint density at radius 3 is 3.08 bits per heavy atom. The maximum absolute atomic E-state index is 5.54. The second kappa shape index (κ2) is 5.33. The van der Waals surface area contributed by atoms with Crippen LogP contribution < -0.4 is 0 Å². The molecule has 1 saturated heterocycles. The van der Waals surface area contributed by atoms with Crippen LogP contribution in [0.1, 0.15) is 26.2 Å². The summed E-state index contributed by atoms with van der Waals surface area (Å²) >= 11 is 0. The maximum Gasteiger partial charge on any atom is 0.157 e. The third kappa shape index (κ3) is 3.37. The van der Waals surface area contributed by atoms with Gasteiger partial charge in [0.1, 0.15) is 0 Å². The smallest absolute Gasteiger partial charge is 0.157 e. The molecule has 0 spiro atoms. The molecule has 2 heteroatoms. The quantitative estimate of drug-likeness (QED) is 0.603. The summed E-state index contributed by atoms with van der Waals surface area (Å²) in [5.74, 6) is 0.426. The van der Waals surface area contributed by atoms with Crippen LogP contribution in [0.4, 0.5) is 0 Å². The van der Waals surface area contributed by atoms with Crippen LogP contribution in [0, 0.1) is 5.92 Å². The molecule has 1 heterocycles. The molecule has 1 fully saturated rings. The molecular formula is C10H18O2. The largest absolute Gasteiger partial charge is 0.353 e. The van der Waals surface area contributed by atoms with E-state index in [1.807, 2.05) is 6.08 Å². The molecule has 0 N–H and O–H groups in total. The Hall–Kier alpha value is -0.340. The maximum atomic E-state index is 5.54. The van der Waals surface area contributed by atoms with Gasteiger partial charge in [0, 0.05) is 6.61 Å². The highest BCUT2D eigenvalue weighted by Gasteiger charge is 2.14. The summed E-state index contributed by atoms with van der Waals surface area (Å²) < 4.78 is 11.0. The van der Waals surface area contributed by atoms with Gasteiger partial charge in [0.25, 0.3) is 0 Å². The van der Waals surface area contributed by atoms with Crippen LogP contribution in [-0.2, 0) is 9.47 Å². The first kappa shape index (κ1) is 9.75. The molecule has 12 heavy (non-hydrogen) atoms. The Kier molecular flexibility index (Phi) is 4.33. The third-order valence-electron chi connectivity index (χ3n) is 2.09. The minimum atomic E-state index is 0.0427. The zero-order valence-electron chi connectivity index (χ0n) is 7.79. The second-order valence-electron chi connectivity index (χ2n) is 3.34. The fourth-order valence-corrected chi connectivity index (χ4v) is 1.17. The van der Waals surface area contributed by atoms with Gasteiger partial charge in [-0.25, -0.2) is 0 Å². The van der Waals surface area contributed by atoms with Gasteiger partial charge < -0.3 is 9.47 Å². The molecule has 0 aromatic rings. The molecule has 0 saturated carbocycles. The second-order valence-corrected chi connectivity index (χ2v) is 3.34. The third-order valence-corrected chi connectivity index (χ3v) is 2.09. The molecule has 0 radical (unpaired) electrons. The van der Waals surface area contributed by atoms with Crippen molar-refractivity contribution in [3.8, 4) is 0 Å². The van der Waals surface area contributed by atoms with Crippen LogP contribution in [0.25, 0.3) is 0 Å². The standard InChI is InChI=1S/C10H18O2/c1-3-9(2)8-12-10-6-4-5-7-11-10/h3,9-10H,1,4-8H2,2H3. The van der Waals surface area contributed by atoms with Crippen molar-refractivity contribution in [2.75, 3.05) is 13.2 Å². The van der Waals surface area contributed by atoms with E-state index < -0.39 is 0 Å². The fourth-order valence-electron chi connectivity index (χ4n) is 1.17. The molecule has 2 atom stereocenters. The van der Waals surface area contributed by atoms with Crippen LogP contribution in [-0.4, -0.2) is 19.5 Å². The van der Waals surface area contributed by atoms with Gasteiger partial charge in [0.05, 0.1) is 6.61 Å². The van der Waals surface area contributed by atoms with Gasteiger partial charge in [0.15, 0.2) is 6.29 Å². The molecule has 0 amide bonds. The highest BCUT2D eigenvalue weighted by atomic mass is 16.7. The number of hydrogen-bond acceptors (Lipinski definition) is 2. The van der Waals surface area contributed by atoms with E-state index in [9.17, 15) is 0 Å². The molecular weight excluding hydrogens is 152 g/mol. The first-order chi connectivity index (χ1) is 5.83. The van der Waals surface area contributed by atoms with Crippen LogP contribution in [0.15, 0.2) is 12.7 Å². The Bertz CT molecular complexity index is 128. The van der Waals surface area contributed by atoms with E-state index in [4.69, 9.17) is 9.47 Å². The molecule has 0 bridgehead atoms. The van der Waals surface area contributed by atoms with Crippen LogP contribution in [0.3, 0.4) is 0 Å². The van der Waals surface area contributed by atoms with Crippen LogP contribution >= 0.6 is 0 Å².